The Labute approximate surface area is 206 Å². The highest BCUT2D eigenvalue weighted by Crippen LogP contribution is 2.21. The molecule has 0 spiro atoms. The third-order valence-corrected chi connectivity index (χ3v) is 7.37. The number of nitrogens with zero attached hydrogens (tertiary/aromatic N) is 4. The first-order valence-corrected chi connectivity index (χ1v) is 13.1. The number of hydrogen-bond donors (Lipinski definition) is 0. The molecule has 0 N–H and O–H groups in total. The van der Waals surface area contributed by atoms with Gasteiger partial charge in [-0.1, -0.05) is 30.3 Å². The van der Waals surface area contributed by atoms with Gasteiger partial charge < -0.3 is 19.4 Å². The van der Waals surface area contributed by atoms with Crippen molar-refractivity contribution in [1.29, 1.82) is 0 Å². The minimum atomic E-state index is -0.162. The molecule has 1 aromatic rings. The molecule has 0 unspecified atom stereocenters. The van der Waals surface area contributed by atoms with Crippen LogP contribution in [0.4, 0.5) is 0 Å². The molecule has 34 heavy (non-hydrogen) atoms. The molecule has 0 bridgehead atoms. The van der Waals surface area contributed by atoms with Gasteiger partial charge in [0.05, 0.1) is 12.6 Å². The molecule has 0 radical (unpaired) electrons. The molecule has 7 heteroatoms. The average molecular weight is 473 g/mol. The first-order chi connectivity index (χ1) is 16.4. The lowest BCUT2D eigenvalue weighted by molar-refractivity contribution is -0.138. The van der Waals surface area contributed by atoms with Gasteiger partial charge in [-0.05, 0) is 65.6 Å². The van der Waals surface area contributed by atoms with Crippen LogP contribution >= 0.6 is 0 Å². The molecular weight excluding hydrogens is 428 g/mol. The Bertz CT molecular complexity index is 760. The summed E-state index contributed by atoms with van der Waals surface area (Å²) in [5.41, 5.74) is 1.23. The number of rotatable bonds is 10. The molecule has 0 aromatic heterocycles. The molecule has 1 aromatic carbocycles. The second-order valence-corrected chi connectivity index (χ2v) is 9.86. The van der Waals surface area contributed by atoms with E-state index in [4.69, 9.17) is 4.74 Å². The van der Waals surface area contributed by atoms with E-state index in [0.29, 0.717) is 51.4 Å². The third kappa shape index (κ3) is 7.52. The van der Waals surface area contributed by atoms with Crippen LogP contribution in [0.5, 0.6) is 0 Å². The van der Waals surface area contributed by atoms with Crippen molar-refractivity contribution < 1.29 is 14.3 Å². The second kappa shape index (κ2) is 13.2. The zero-order valence-electron chi connectivity index (χ0n) is 21.6. The van der Waals surface area contributed by atoms with Crippen molar-refractivity contribution in [3.63, 3.8) is 0 Å². The molecule has 190 valence electrons. The fourth-order valence-corrected chi connectivity index (χ4v) is 5.14. The lowest BCUT2D eigenvalue weighted by atomic mass is 10.0. The van der Waals surface area contributed by atoms with Crippen LogP contribution in [-0.2, 0) is 20.7 Å². The number of ether oxygens (including phenoxy) is 1. The number of carbonyl (C=O) groups is 2. The Morgan fingerprint density at radius 2 is 1.76 bits per heavy atom. The quantitative estimate of drug-likeness (QED) is 0.524. The van der Waals surface area contributed by atoms with Crippen molar-refractivity contribution in [1.82, 2.24) is 19.6 Å². The minimum Gasteiger partial charge on any atom is -0.365 e. The molecule has 1 atom stereocenters. The molecule has 3 rings (SSSR count). The van der Waals surface area contributed by atoms with Gasteiger partial charge in [0.25, 0.3) is 0 Å². The van der Waals surface area contributed by atoms with E-state index in [-0.39, 0.29) is 24.5 Å². The van der Waals surface area contributed by atoms with Gasteiger partial charge in [0.1, 0.15) is 6.61 Å². The summed E-state index contributed by atoms with van der Waals surface area (Å²) < 4.78 is 6.18. The van der Waals surface area contributed by atoms with Gasteiger partial charge in [0, 0.05) is 44.8 Å². The Morgan fingerprint density at radius 1 is 1.09 bits per heavy atom. The number of hydrogen-bond acceptors (Lipinski definition) is 5. The smallest absolute Gasteiger partial charge is 0.248 e. The molecule has 0 saturated carbocycles. The number of likely N-dealkylation sites (N-methyl/N-ethyl adjacent to an activating group) is 1. The predicted molar refractivity (Wildman–Crippen MR) is 136 cm³/mol. The fraction of sp³-hybridized carbons (Fsp3) is 0.704. The Balaban J connectivity index is 1.66. The SMILES string of the molecule is CCN(CC)C(=O)CO[C@H]1CN(CCc2ccccc2)C(=O)CN(C2CCN(C(C)C)CC2)C1. The van der Waals surface area contributed by atoms with Gasteiger partial charge >= 0.3 is 0 Å². The van der Waals surface area contributed by atoms with Crippen LogP contribution in [0, 0.1) is 0 Å². The number of piperidine rings is 1. The maximum Gasteiger partial charge on any atom is 0.248 e. The summed E-state index contributed by atoms with van der Waals surface area (Å²) in [6.45, 7) is 14.4. The summed E-state index contributed by atoms with van der Waals surface area (Å²) in [7, 11) is 0. The highest BCUT2D eigenvalue weighted by Gasteiger charge is 2.34. The largest absolute Gasteiger partial charge is 0.365 e. The van der Waals surface area contributed by atoms with E-state index in [2.05, 4.69) is 35.8 Å². The topological polar surface area (TPSA) is 56.3 Å². The molecule has 2 fully saturated rings. The number of amides is 2. The van der Waals surface area contributed by atoms with Gasteiger partial charge in [-0.15, -0.1) is 0 Å². The minimum absolute atomic E-state index is 0.0215. The Morgan fingerprint density at radius 3 is 2.38 bits per heavy atom. The van der Waals surface area contributed by atoms with E-state index in [1.807, 2.05) is 36.9 Å². The molecule has 2 amide bonds. The molecule has 7 nitrogen and oxygen atoms in total. The normalized spacial score (nSPS) is 21.1. The first kappa shape index (κ1) is 26.6. The summed E-state index contributed by atoms with van der Waals surface area (Å²) in [5.74, 6) is 0.191. The summed E-state index contributed by atoms with van der Waals surface area (Å²) in [6.07, 6.45) is 2.80. The number of benzene rings is 1. The van der Waals surface area contributed by atoms with Crippen LogP contribution < -0.4 is 0 Å². The van der Waals surface area contributed by atoms with E-state index >= 15 is 0 Å². The van der Waals surface area contributed by atoms with Crippen molar-refractivity contribution in [2.75, 3.05) is 59.0 Å². The van der Waals surface area contributed by atoms with Gasteiger partial charge in [0.2, 0.25) is 11.8 Å². The maximum absolute atomic E-state index is 13.3. The van der Waals surface area contributed by atoms with Crippen molar-refractivity contribution in [3.8, 4) is 0 Å². The summed E-state index contributed by atoms with van der Waals surface area (Å²) in [4.78, 5) is 34.5. The summed E-state index contributed by atoms with van der Waals surface area (Å²) >= 11 is 0. The van der Waals surface area contributed by atoms with E-state index in [1.165, 1.54) is 5.56 Å². The molecule has 0 aliphatic carbocycles. The van der Waals surface area contributed by atoms with Gasteiger partial charge in [-0.2, -0.15) is 0 Å². The highest BCUT2D eigenvalue weighted by molar-refractivity contribution is 5.79. The molecule has 2 saturated heterocycles. The van der Waals surface area contributed by atoms with Crippen molar-refractivity contribution in [2.45, 2.75) is 65.1 Å². The Hall–Kier alpha value is -1.96. The summed E-state index contributed by atoms with van der Waals surface area (Å²) in [5, 5.41) is 0. The van der Waals surface area contributed by atoms with Crippen molar-refractivity contribution in [3.05, 3.63) is 35.9 Å². The summed E-state index contributed by atoms with van der Waals surface area (Å²) in [6, 6.07) is 11.2. The van der Waals surface area contributed by atoms with Gasteiger partial charge in [0.15, 0.2) is 0 Å². The van der Waals surface area contributed by atoms with E-state index < -0.39 is 0 Å². The van der Waals surface area contributed by atoms with E-state index in [0.717, 1.165) is 32.4 Å². The predicted octanol–water partition coefficient (Wildman–Crippen LogP) is 2.50. The lowest BCUT2D eigenvalue weighted by Crippen LogP contribution is -2.49. The van der Waals surface area contributed by atoms with Crippen molar-refractivity contribution >= 4 is 11.8 Å². The highest BCUT2D eigenvalue weighted by atomic mass is 16.5. The molecular formula is C27H44N4O3. The van der Waals surface area contributed by atoms with Crippen LogP contribution in [0.2, 0.25) is 0 Å². The lowest BCUT2D eigenvalue weighted by Gasteiger charge is -2.39. The Kier molecular flexibility index (Phi) is 10.4. The van der Waals surface area contributed by atoms with E-state index in [9.17, 15) is 9.59 Å². The van der Waals surface area contributed by atoms with Gasteiger partial charge in [-0.25, -0.2) is 0 Å². The molecule has 2 aliphatic heterocycles. The molecule has 2 heterocycles. The third-order valence-electron chi connectivity index (χ3n) is 7.37. The van der Waals surface area contributed by atoms with E-state index in [1.54, 1.807) is 4.90 Å². The van der Waals surface area contributed by atoms with Gasteiger partial charge in [-0.3, -0.25) is 14.5 Å². The molecule has 2 aliphatic rings. The average Bonchev–Trinajstić information content (AvgIpc) is 3.01. The zero-order valence-corrected chi connectivity index (χ0v) is 21.6. The second-order valence-electron chi connectivity index (χ2n) is 9.86. The fourth-order valence-electron chi connectivity index (χ4n) is 5.14. The maximum atomic E-state index is 13.3. The standard InChI is InChI=1S/C27H44N4O3/c1-5-28(6-2)27(33)21-34-25-18-30(15-12-23-10-8-7-9-11-23)26(32)20-31(19-25)24-13-16-29(17-14-24)22(3)4/h7-11,22,24-25H,5-6,12-21H2,1-4H3/t25-/m0/s1. The van der Waals surface area contributed by atoms with Crippen molar-refractivity contribution in [2.24, 2.45) is 0 Å². The zero-order chi connectivity index (χ0) is 24.5. The number of carbonyl (C=O) groups excluding carboxylic acids is 2. The van der Waals surface area contributed by atoms with Crippen LogP contribution in [0.3, 0.4) is 0 Å². The monoisotopic (exact) mass is 472 g/mol. The first-order valence-electron chi connectivity index (χ1n) is 13.1. The van der Waals surface area contributed by atoms with Crippen LogP contribution in [0.15, 0.2) is 30.3 Å². The van der Waals surface area contributed by atoms with Crippen LogP contribution in [-0.4, -0.2) is 109 Å². The van der Waals surface area contributed by atoms with Crippen LogP contribution in [0.25, 0.3) is 0 Å². The number of likely N-dealkylation sites (tertiary alicyclic amines) is 1. The van der Waals surface area contributed by atoms with Crippen LogP contribution in [0.1, 0.15) is 46.1 Å².